The molecule has 0 aliphatic heterocycles. The number of rotatable bonds is 4. The molecule has 0 aromatic heterocycles. The van der Waals surface area contributed by atoms with Crippen LogP contribution in [0.4, 0.5) is 18.9 Å². The summed E-state index contributed by atoms with van der Waals surface area (Å²) in [5, 5.41) is 2.78. The number of hydrogen-bond donors (Lipinski definition) is 1. The molecule has 1 amide bonds. The first kappa shape index (κ1) is 15.6. The number of anilines is 1. The Morgan fingerprint density at radius 2 is 2.00 bits per heavy atom. The third-order valence-electron chi connectivity index (χ3n) is 3.59. The van der Waals surface area contributed by atoms with E-state index in [1.807, 2.05) is 12.2 Å². The highest BCUT2D eigenvalue weighted by Gasteiger charge is 2.27. The second-order valence-electron chi connectivity index (χ2n) is 5.24. The molecule has 0 radical (unpaired) electrons. The van der Waals surface area contributed by atoms with Gasteiger partial charge in [-0.25, -0.2) is 0 Å². The van der Waals surface area contributed by atoms with Crippen LogP contribution in [0.5, 0.6) is 0 Å². The average molecular weight is 297 g/mol. The van der Waals surface area contributed by atoms with Crippen LogP contribution in [-0.2, 0) is 11.2 Å². The Hall–Kier alpha value is -1.78. The van der Waals surface area contributed by atoms with Crippen molar-refractivity contribution in [1.82, 2.24) is 0 Å². The molecule has 0 saturated heterocycles. The van der Waals surface area contributed by atoms with Gasteiger partial charge < -0.3 is 5.32 Å². The van der Waals surface area contributed by atoms with E-state index in [2.05, 4.69) is 5.32 Å². The van der Waals surface area contributed by atoms with E-state index in [0.29, 0.717) is 17.7 Å². The van der Waals surface area contributed by atoms with Crippen molar-refractivity contribution in [3.8, 4) is 0 Å². The van der Waals surface area contributed by atoms with Gasteiger partial charge in [0.1, 0.15) is 0 Å². The largest absolute Gasteiger partial charge is 0.389 e. The Balaban J connectivity index is 2.02. The van der Waals surface area contributed by atoms with Gasteiger partial charge in [0.2, 0.25) is 5.91 Å². The molecule has 1 atom stereocenters. The number of allylic oxidation sites excluding steroid dienone is 2. The molecule has 1 aliphatic rings. The summed E-state index contributed by atoms with van der Waals surface area (Å²) in [5.41, 5.74) is 1.01. The van der Waals surface area contributed by atoms with Crippen LogP contribution >= 0.6 is 0 Å². The smallest absolute Gasteiger partial charge is 0.326 e. The van der Waals surface area contributed by atoms with Crippen molar-refractivity contribution in [2.24, 2.45) is 5.92 Å². The second kappa shape index (κ2) is 6.78. The maximum Gasteiger partial charge on any atom is 0.389 e. The standard InChI is InChI=1S/C16H18F3NO/c17-16(18,19)11-10-12-6-4-5-9-14(12)20-15(21)13-7-2-1-3-8-13/h1-2,4-6,9,13H,3,7-8,10-11H2,(H,20,21)/t13-/m0/s1. The molecular formula is C16H18F3NO. The van der Waals surface area contributed by atoms with Crippen molar-refractivity contribution in [2.45, 2.75) is 38.3 Å². The fourth-order valence-electron chi connectivity index (χ4n) is 2.40. The summed E-state index contributed by atoms with van der Waals surface area (Å²) < 4.78 is 37.0. The third-order valence-corrected chi connectivity index (χ3v) is 3.59. The van der Waals surface area contributed by atoms with Crippen LogP contribution in [0, 0.1) is 5.92 Å². The molecule has 21 heavy (non-hydrogen) atoms. The van der Waals surface area contributed by atoms with Crippen molar-refractivity contribution >= 4 is 11.6 Å². The molecule has 0 spiro atoms. The van der Waals surface area contributed by atoms with Gasteiger partial charge in [-0.15, -0.1) is 0 Å². The summed E-state index contributed by atoms with van der Waals surface area (Å²) in [4.78, 5) is 12.2. The highest BCUT2D eigenvalue weighted by Crippen LogP contribution is 2.26. The first-order valence-corrected chi connectivity index (χ1v) is 7.06. The number of nitrogens with one attached hydrogen (secondary N) is 1. The molecule has 114 valence electrons. The van der Waals surface area contributed by atoms with Crippen molar-refractivity contribution in [1.29, 1.82) is 0 Å². The van der Waals surface area contributed by atoms with E-state index in [1.165, 1.54) is 0 Å². The minimum Gasteiger partial charge on any atom is -0.326 e. The fraction of sp³-hybridized carbons (Fsp3) is 0.438. The molecule has 2 rings (SSSR count). The molecule has 5 heteroatoms. The van der Waals surface area contributed by atoms with Crippen LogP contribution in [0.2, 0.25) is 0 Å². The molecule has 0 heterocycles. The van der Waals surface area contributed by atoms with Gasteiger partial charge in [-0.2, -0.15) is 13.2 Å². The van der Waals surface area contributed by atoms with Crippen LogP contribution in [0.1, 0.15) is 31.2 Å². The molecule has 1 aromatic rings. The number of alkyl halides is 3. The second-order valence-corrected chi connectivity index (χ2v) is 5.24. The van der Waals surface area contributed by atoms with Crippen LogP contribution in [0.25, 0.3) is 0 Å². The number of halogens is 3. The Kier molecular flexibility index (Phi) is 5.04. The van der Waals surface area contributed by atoms with Gasteiger partial charge in [-0.05, 0) is 37.3 Å². The zero-order chi connectivity index (χ0) is 15.3. The van der Waals surface area contributed by atoms with Gasteiger partial charge in [-0.3, -0.25) is 4.79 Å². The highest BCUT2D eigenvalue weighted by atomic mass is 19.4. The van der Waals surface area contributed by atoms with Gasteiger partial charge in [0, 0.05) is 18.0 Å². The summed E-state index contributed by atoms with van der Waals surface area (Å²) in [6, 6.07) is 6.68. The Morgan fingerprint density at radius 1 is 1.24 bits per heavy atom. The summed E-state index contributed by atoms with van der Waals surface area (Å²) >= 11 is 0. The topological polar surface area (TPSA) is 29.1 Å². The molecule has 0 unspecified atom stereocenters. The van der Waals surface area contributed by atoms with E-state index in [9.17, 15) is 18.0 Å². The molecule has 0 saturated carbocycles. The fourth-order valence-corrected chi connectivity index (χ4v) is 2.40. The number of para-hydroxylation sites is 1. The molecule has 1 aliphatic carbocycles. The molecule has 0 bridgehead atoms. The SMILES string of the molecule is O=C(Nc1ccccc1CCC(F)(F)F)[C@H]1CC=CCC1. The van der Waals surface area contributed by atoms with E-state index in [-0.39, 0.29) is 18.2 Å². The van der Waals surface area contributed by atoms with Gasteiger partial charge >= 0.3 is 6.18 Å². The maximum absolute atomic E-state index is 12.3. The highest BCUT2D eigenvalue weighted by molar-refractivity contribution is 5.93. The van der Waals surface area contributed by atoms with Crippen LogP contribution in [0.15, 0.2) is 36.4 Å². The lowest BCUT2D eigenvalue weighted by Crippen LogP contribution is -2.24. The normalized spacial score (nSPS) is 18.5. The minimum absolute atomic E-state index is 0.0920. The van der Waals surface area contributed by atoms with E-state index in [1.54, 1.807) is 24.3 Å². The van der Waals surface area contributed by atoms with Crippen LogP contribution in [0.3, 0.4) is 0 Å². The van der Waals surface area contributed by atoms with Crippen molar-refractivity contribution in [2.75, 3.05) is 5.32 Å². The summed E-state index contributed by atoms with van der Waals surface area (Å²) in [7, 11) is 0. The maximum atomic E-state index is 12.3. The van der Waals surface area contributed by atoms with Gasteiger partial charge in [0.15, 0.2) is 0 Å². The lowest BCUT2D eigenvalue weighted by molar-refractivity contribution is -0.133. The Morgan fingerprint density at radius 3 is 2.67 bits per heavy atom. The third kappa shape index (κ3) is 4.92. The van der Waals surface area contributed by atoms with Crippen LogP contribution in [-0.4, -0.2) is 12.1 Å². The zero-order valence-corrected chi connectivity index (χ0v) is 11.6. The lowest BCUT2D eigenvalue weighted by Gasteiger charge is -2.19. The summed E-state index contributed by atoms with van der Waals surface area (Å²) in [6.45, 7) is 0. The number of amides is 1. The van der Waals surface area contributed by atoms with E-state index in [0.717, 1.165) is 12.8 Å². The molecule has 0 fully saturated rings. The number of carbonyl (C=O) groups excluding carboxylic acids is 1. The molecule has 2 nitrogen and oxygen atoms in total. The number of benzene rings is 1. The van der Waals surface area contributed by atoms with E-state index in [4.69, 9.17) is 0 Å². The summed E-state index contributed by atoms with van der Waals surface area (Å²) in [6.07, 6.45) is 1.17. The molecule has 1 N–H and O–H groups in total. The summed E-state index contributed by atoms with van der Waals surface area (Å²) in [5.74, 6) is -0.204. The van der Waals surface area contributed by atoms with Gasteiger partial charge in [0.05, 0.1) is 0 Å². The predicted molar refractivity (Wildman–Crippen MR) is 75.9 cm³/mol. The Bertz CT molecular complexity index is 522. The number of carbonyl (C=O) groups is 1. The average Bonchev–Trinajstić information content (AvgIpc) is 2.46. The Labute approximate surface area is 122 Å². The first-order chi connectivity index (χ1) is 9.96. The van der Waals surface area contributed by atoms with Crippen molar-refractivity contribution < 1.29 is 18.0 Å². The quantitative estimate of drug-likeness (QED) is 0.816. The van der Waals surface area contributed by atoms with Crippen molar-refractivity contribution in [3.63, 3.8) is 0 Å². The number of hydrogen-bond acceptors (Lipinski definition) is 1. The zero-order valence-electron chi connectivity index (χ0n) is 11.6. The first-order valence-electron chi connectivity index (χ1n) is 7.06. The number of aryl methyl sites for hydroxylation is 1. The predicted octanol–water partition coefficient (Wildman–Crippen LogP) is 4.48. The molecular weight excluding hydrogens is 279 g/mol. The molecule has 1 aromatic carbocycles. The van der Waals surface area contributed by atoms with Crippen LogP contribution < -0.4 is 5.32 Å². The monoisotopic (exact) mass is 297 g/mol. The minimum atomic E-state index is -4.19. The lowest BCUT2D eigenvalue weighted by atomic mass is 9.93. The van der Waals surface area contributed by atoms with Gasteiger partial charge in [0.25, 0.3) is 0 Å². The van der Waals surface area contributed by atoms with Gasteiger partial charge in [-0.1, -0.05) is 30.4 Å². The van der Waals surface area contributed by atoms with E-state index >= 15 is 0 Å². The van der Waals surface area contributed by atoms with E-state index < -0.39 is 12.6 Å². The van der Waals surface area contributed by atoms with Crippen molar-refractivity contribution in [3.05, 3.63) is 42.0 Å².